The molecule has 2 amide bonds. The molecule has 1 aliphatic heterocycles. The van der Waals surface area contributed by atoms with Gasteiger partial charge < -0.3 is 19.7 Å². The third-order valence-corrected chi connectivity index (χ3v) is 4.80. The lowest BCUT2D eigenvalue weighted by Crippen LogP contribution is -2.40. The Labute approximate surface area is 190 Å². The molecule has 0 saturated carbocycles. The van der Waals surface area contributed by atoms with Crippen LogP contribution < -0.4 is 15.0 Å². The Kier molecular flexibility index (Phi) is 7.03. The number of non-ortho nitro benzene ring substituents is 1. The number of benzene rings is 2. The van der Waals surface area contributed by atoms with Crippen molar-refractivity contribution in [3.8, 4) is 5.75 Å². The van der Waals surface area contributed by atoms with Gasteiger partial charge in [-0.05, 0) is 25.1 Å². The molecule has 0 aromatic heterocycles. The molecule has 1 unspecified atom stereocenters. The Balaban J connectivity index is 1.62. The molecule has 1 N–H and O–H groups in total. The number of carbonyl (C=O) groups excluding carboxylic acids is 3. The number of nitrogens with one attached hydrogen (secondary N) is 1. The van der Waals surface area contributed by atoms with Crippen molar-refractivity contribution in [2.24, 2.45) is 0 Å². The summed E-state index contributed by atoms with van der Waals surface area (Å²) in [5, 5.41) is 12.7. The number of anilines is 2. The second-order valence-corrected chi connectivity index (χ2v) is 7.16. The molecule has 0 fully saturated rings. The van der Waals surface area contributed by atoms with Crippen LogP contribution in [0.1, 0.15) is 18.9 Å². The lowest BCUT2D eigenvalue weighted by Gasteiger charge is -2.29. The van der Waals surface area contributed by atoms with Crippen molar-refractivity contribution in [1.82, 2.24) is 0 Å². The lowest BCUT2D eigenvalue weighted by molar-refractivity contribution is -0.385. The van der Waals surface area contributed by atoms with Crippen molar-refractivity contribution in [3.05, 3.63) is 58.1 Å². The SMILES string of the molecule is CC(OC(=O)CCN1C(=O)COc2ccccc21)C(=O)Nc1ccc([N+](=O)[O-])cc1C(F)(F)F. The standard InChI is InChI=1S/C21H18F3N3O7/c1-12(20(30)25-15-7-6-13(27(31)32)10-14(15)21(22,23)24)34-19(29)8-9-26-16-4-2-3-5-17(16)33-11-18(26)28/h2-7,10,12H,8-9,11H2,1H3,(H,25,30). The zero-order chi connectivity index (χ0) is 25.0. The number of carbonyl (C=O) groups is 3. The number of para-hydroxylation sites is 2. The van der Waals surface area contributed by atoms with Gasteiger partial charge in [0.2, 0.25) is 0 Å². The van der Waals surface area contributed by atoms with E-state index < -0.39 is 46.0 Å². The van der Waals surface area contributed by atoms with Crippen molar-refractivity contribution in [2.45, 2.75) is 25.6 Å². The zero-order valence-corrected chi connectivity index (χ0v) is 17.6. The fourth-order valence-electron chi connectivity index (χ4n) is 3.14. The number of nitro groups is 1. The van der Waals surface area contributed by atoms with E-state index in [1.165, 1.54) is 4.90 Å². The summed E-state index contributed by atoms with van der Waals surface area (Å²) in [6.45, 7) is 0.885. The molecule has 0 spiro atoms. The minimum atomic E-state index is -4.98. The monoisotopic (exact) mass is 481 g/mol. The lowest BCUT2D eigenvalue weighted by atomic mass is 10.1. The molecule has 1 atom stereocenters. The maximum atomic E-state index is 13.3. The summed E-state index contributed by atoms with van der Waals surface area (Å²) in [6, 6.07) is 8.54. The summed E-state index contributed by atoms with van der Waals surface area (Å²) in [4.78, 5) is 47.7. The van der Waals surface area contributed by atoms with Gasteiger partial charge in [0.15, 0.2) is 12.7 Å². The van der Waals surface area contributed by atoms with E-state index in [1.54, 1.807) is 24.3 Å². The van der Waals surface area contributed by atoms with Crippen LogP contribution in [0.15, 0.2) is 42.5 Å². The van der Waals surface area contributed by atoms with Crippen LogP contribution in [0.3, 0.4) is 0 Å². The molecular weight excluding hydrogens is 463 g/mol. The summed E-state index contributed by atoms with van der Waals surface area (Å²) in [5.41, 5.74) is -2.47. The van der Waals surface area contributed by atoms with E-state index in [2.05, 4.69) is 0 Å². The molecule has 0 radical (unpaired) electrons. The highest BCUT2D eigenvalue weighted by molar-refractivity contribution is 5.98. The molecule has 0 aliphatic carbocycles. The van der Waals surface area contributed by atoms with Crippen molar-refractivity contribution in [1.29, 1.82) is 0 Å². The molecule has 0 bridgehead atoms. The fraction of sp³-hybridized carbons (Fsp3) is 0.286. The quantitative estimate of drug-likeness (QED) is 0.365. The maximum Gasteiger partial charge on any atom is 0.418 e. The number of amides is 2. The van der Waals surface area contributed by atoms with Gasteiger partial charge in [-0.25, -0.2) is 0 Å². The molecule has 10 nitrogen and oxygen atoms in total. The number of esters is 1. The van der Waals surface area contributed by atoms with E-state index in [9.17, 15) is 37.7 Å². The van der Waals surface area contributed by atoms with Crippen LogP contribution in [0.4, 0.5) is 30.2 Å². The second kappa shape index (κ2) is 9.77. The summed E-state index contributed by atoms with van der Waals surface area (Å²) < 4.78 is 50.1. The molecule has 2 aromatic rings. The molecule has 1 aliphatic rings. The van der Waals surface area contributed by atoms with Crippen LogP contribution in [-0.4, -0.2) is 42.0 Å². The number of alkyl halides is 3. The Bertz CT molecular complexity index is 1140. The van der Waals surface area contributed by atoms with Gasteiger partial charge in [-0.2, -0.15) is 13.2 Å². The molecule has 3 rings (SSSR count). The van der Waals surface area contributed by atoms with E-state index in [-0.39, 0.29) is 25.5 Å². The number of rotatable bonds is 7. The Morgan fingerprint density at radius 3 is 2.65 bits per heavy atom. The average molecular weight is 481 g/mol. The van der Waals surface area contributed by atoms with E-state index in [4.69, 9.17) is 9.47 Å². The largest absolute Gasteiger partial charge is 0.482 e. The Morgan fingerprint density at radius 2 is 1.97 bits per heavy atom. The fourth-order valence-corrected chi connectivity index (χ4v) is 3.14. The van der Waals surface area contributed by atoms with Gasteiger partial charge >= 0.3 is 12.1 Å². The smallest absolute Gasteiger partial charge is 0.418 e. The van der Waals surface area contributed by atoms with Crippen molar-refractivity contribution in [2.75, 3.05) is 23.4 Å². The number of halogens is 3. The first-order valence-corrected chi connectivity index (χ1v) is 9.85. The van der Waals surface area contributed by atoms with Crippen LogP contribution >= 0.6 is 0 Å². The van der Waals surface area contributed by atoms with E-state index in [0.717, 1.165) is 19.1 Å². The van der Waals surface area contributed by atoms with E-state index in [1.807, 2.05) is 5.32 Å². The molecule has 180 valence electrons. The molecule has 13 heteroatoms. The van der Waals surface area contributed by atoms with Crippen molar-refractivity contribution in [3.63, 3.8) is 0 Å². The van der Waals surface area contributed by atoms with Crippen LogP contribution in [-0.2, 0) is 25.3 Å². The van der Waals surface area contributed by atoms with Gasteiger partial charge in [-0.15, -0.1) is 0 Å². The van der Waals surface area contributed by atoms with E-state index in [0.29, 0.717) is 17.5 Å². The number of nitrogens with zero attached hydrogens (tertiary/aromatic N) is 2. The topological polar surface area (TPSA) is 128 Å². The van der Waals surface area contributed by atoms with Crippen molar-refractivity contribution < 1.29 is 42.0 Å². The molecule has 34 heavy (non-hydrogen) atoms. The van der Waals surface area contributed by atoms with Gasteiger partial charge in [0.05, 0.1) is 28.3 Å². The maximum absolute atomic E-state index is 13.3. The highest BCUT2D eigenvalue weighted by atomic mass is 19.4. The highest BCUT2D eigenvalue weighted by Gasteiger charge is 2.36. The third-order valence-electron chi connectivity index (χ3n) is 4.80. The van der Waals surface area contributed by atoms with Crippen LogP contribution in [0.2, 0.25) is 0 Å². The number of fused-ring (bicyclic) bond motifs is 1. The predicted molar refractivity (Wildman–Crippen MR) is 111 cm³/mol. The first kappa shape index (κ1) is 24.5. The first-order valence-electron chi connectivity index (χ1n) is 9.85. The zero-order valence-electron chi connectivity index (χ0n) is 17.6. The Morgan fingerprint density at radius 1 is 1.26 bits per heavy atom. The van der Waals surface area contributed by atoms with Crippen LogP contribution in [0.5, 0.6) is 5.75 Å². The van der Waals surface area contributed by atoms with Gasteiger partial charge in [0.1, 0.15) is 5.75 Å². The molecular formula is C21H18F3N3O7. The predicted octanol–water partition coefficient (Wildman–Crippen LogP) is 3.30. The number of hydrogen-bond donors (Lipinski definition) is 1. The van der Waals surface area contributed by atoms with Crippen molar-refractivity contribution >= 4 is 34.8 Å². The molecule has 0 saturated heterocycles. The average Bonchev–Trinajstić information content (AvgIpc) is 2.77. The third kappa shape index (κ3) is 5.60. The van der Waals surface area contributed by atoms with Gasteiger partial charge in [-0.3, -0.25) is 24.5 Å². The normalized spacial score (nSPS) is 14.0. The minimum absolute atomic E-state index is 0.0625. The second-order valence-electron chi connectivity index (χ2n) is 7.16. The summed E-state index contributed by atoms with van der Waals surface area (Å²) in [5.74, 6) is -1.85. The number of ether oxygens (including phenoxy) is 2. The summed E-state index contributed by atoms with van der Waals surface area (Å²) in [6.07, 6.45) is -6.74. The van der Waals surface area contributed by atoms with Crippen LogP contribution in [0, 0.1) is 10.1 Å². The molecule has 1 heterocycles. The Hall–Kier alpha value is -4.16. The minimum Gasteiger partial charge on any atom is -0.482 e. The summed E-state index contributed by atoms with van der Waals surface area (Å²) >= 11 is 0. The number of hydrogen-bond acceptors (Lipinski definition) is 7. The number of nitro benzene ring substituents is 1. The van der Waals surface area contributed by atoms with Crippen LogP contribution in [0.25, 0.3) is 0 Å². The van der Waals surface area contributed by atoms with Gasteiger partial charge in [-0.1, -0.05) is 12.1 Å². The van der Waals surface area contributed by atoms with E-state index >= 15 is 0 Å². The summed E-state index contributed by atoms with van der Waals surface area (Å²) in [7, 11) is 0. The van der Waals surface area contributed by atoms with Gasteiger partial charge in [0.25, 0.3) is 17.5 Å². The van der Waals surface area contributed by atoms with Gasteiger partial charge in [0, 0.05) is 18.7 Å². The molecule has 2 aromatic carbocycles. The highest BCUT2D eigenvalue weighted by Crippen LogP contribution is 2.37. The first-order chi connectivity index (χ1) is 16.0.